The molecule has 2 aromatic carbocycles. The van der Waals surface area contributed by atoms with E-state index >= 15 is 0 Å². The molecule has 0 bridgehead atoms. The number of carbonyl (C=O) groups excluding carboxylic acids is 1. The monoisotopic (exact) mass is 451 g/mol. The molecule has 170 valence electrons. The number of nitrogen functional groups attached to an aromatic ring is 1. The molecule has 0 saturated heterocycles. The minimum atomic E-state index is -4.61. The zero-order chi connectivity index (χ0) is 23.6. The van der Waals surface area contributed by atoms with E-state index in [9.17, 15) is 22.4 Å². The van der Waals surface area contributed by atoms with Crippen LogP contribution in [0.2, 0.25) is 0 Å². The third-order valence-corrected chi connectivity index (χ3v) is 4.91. The lowest BCUT2D eigenvalue weighted by molar-refractivity contribution is -0.164. The molecular weight excluding hydrogens is 430 g/mol. The first-order valence-electron chi connectivity index (χ1n) is 9.44. The quantitative estimate of drug-likeness (QED) is 0.469. The van der Waals surface area contributed by atoms with E-state index in [4.69, 9.17) is 16.2 Å². The number of amides is 1. The van der Waals surface area contributed by atoms with Crippen molar-refractivity contribution < 1.29 is 27.1 Å². The second kappa shape index (κ2) is 8.77. The van der Waals surface area contributed by atoms with E-state index in [1.54, 1.807) is 24.3 Å². The van der Waals surface area contributed by atoms with Crippen molar-refractivity contribution in [1.82, 2.24) is 9.78 Å². The van der Waals surface area contributed by atoms with Crippen molar-refractivity contribution in [3.05, 3.63) is 59.4 Å². The Bertz CT molecular complexity index is 1130. The van der Waals surface area contributed by atoms with Crippen LogP contribution < -0.4 is 21.5 Å². The van der Waals surface area contributed by atoms with Crippen molar-refractivity contribution in [2.24, 2.45) is 5.73 Å². The van der Waals surface area contributed by atoms with Gasteiger partial charge in [0, 0.05) is 18.2 Å². The molecule has 11 heteroatoms. The SMILES string of the molecule is COc1ccc(F)cc1NCc1ccc(-c2nn([C@@H](C)C(F)(F)F)c(N)c2C(N)=O)cc1. The third kappa shape index (κ3) is 4.61. The van der Waals surface area contributed by atoms with Crippen LogP contribution in [0, 0.1) is 5.82 Å². The molecule has 0 unspecified atom stereocenters. The number of benzene rings is 2. The van der Waals surface area contributed by atoms with Crippen molar-refractivity contribution in [1.29, 1.82) is 0 Å². The average molecular weight is 451 g/mol. The summed E-state index contributed by atoms with van der Waals surface area (Å²) in [7, 11) is 1.47. The highest BCUT2D eigenvalue weighted by molar-refractivity contribution is 6.03. The Balaban J connectivity index is 1.87. The van der Waals surface area contributed by atoms with Gasteiger partial charge in [-0.1, -0.05) is 24.3 Å². The molecule has 1 heterocycles. The van der Waals surface area contributed by atoms with Gasteiger partial charge in [-0.25, -0.2) is 9.07 Å². The predicted octanol–water partition coefficient (Wildman–Crippen LogP) is 4.11. The first kappa shape index (κ1) is 22.9. The van der Waals surface area contributed by atoms with Gasteiger partial charge < -0.3 is 21.5 Å². The summed E-state index contributed by atoms with van der Waals surface area (Å²) in [4.78, 5) is 11.9. The summed E-state index contributed by atoms with van der Waals surface area (Å²) in [5, 5.41) is 6.97. The lowest BCUT2D eigenvalue weighted by Crippen LogP contribution is -2.26. The fraction of sp³-hybridized carbons (Fsp3) is 0.238. The molecule has 0 saturated carbocycles. The van der Waals surface area contributed by atoms with Gasteiger partial charge in [0.15, 0.2) is 0 Å². The fourth-order valence-corrected chi connectivity index (χ4v) is 3.12. The molecule has 3 rings (SSSR count). The van der Waals surface area contributed by atoms with Gasteiger partial charge in [0.25, 0.3) is 5.91 Å². The molecule has 1 amide bonds. The van der Waals surface area contributed by atoms with Gasteiger partial charge in [0.1, 0.15) is 34.7 Å². The number of rotatable bonds is 7. The van der Waals surface area contributed by atoms with E-state index < -0.39 is 29.8 Å². The van der Waals surface area contributed by atoms with E-state index in [0.717, 1.165) is 12.5 Å². The van der Waals surface area contributed by atoms with Crippen LogP contribution in [0.5, 0.6) is 5.75 Å². The standard InChI is InChI=1S/C21H21F4N5O2/c1-11(21(23,24)25)30-19(26)17(20(27)31)18(29-30)13-5-3-12(4-6-13)10-28-15-9-14(22)7-8-16(15)32-2/h3-9,11,28H,10,26H2,1-2H3,(H2,27,31)/t11-/m0/s1. The Morgan fingerprint density at radius 1 is 1.22 bits per heavy atom. The molecule has 32 heavy (non-hydrogen) atoms. The molecular formula is C21H21F4N5O2. The number of ether oxygens (including phenoxy) is 1. The van der Waals surface area contributed by atoms with Crippen molar-refractivity contribution in [2.45, 2.75) is 25.7 Å². The highest BCUT2D eigenvalue weighted by Crippen LogP contribution is 2.35. The lowest BCUT2D eigenvalue weighted by atomic mass is 10.0. The van der Waals surface area contributed by atoms with E-state index in [0.29, 0.717) is 28.2 Å². The molecule has 0 aliphatic carbocycles. The minimum absolute atomic E-state index is 0.0441. The van der Waals surface area contributed by atoms with Crippen LogP contribution in [0.15, 0.2) is 42.5 Å². The van der Waals surface area contributed by atoms with E-state index in [1.165, 1.54) is 25.3 Å². The van der Waals surface area contributed by atoms with E-state index in [2.05, 4.69) is 10.4 Å². The maximum absolute atomic E-state index is 13.5. The highest BCUT2D eigenvalue weighted by Gasteiger charge is 2.40. The normalized spacial score (nSPS) is 12.4. The fourth-order valence-electron chi connectivity index (χ4n) is 3.12. The predicted molar refractivity (Wildman–Crippen MR) is 112 cm³/mol. The summed E-state index contributed by atoms with van der Waals surface area (Å²) in [5.41, 5.74) is 12.4. The molecule has 0 aliphatic rings. The van der Waals surface area contributed by atoms with Crippen molar-refractivity contribution in [3.8, 4) is 17.0 Å². The molecule has 0 radical (unpaired) electrons. The summed E-state index contributed by atoms with van der Waals surface area (Å²) in [6.45, 7) is 1.19. The molecule has 3 aromatic rings. The number of anilines is 2. The second-order valence-corrected chi connectivity index (χ2v) is 7.03. The first-order valence-corrected chi connectivity index (χ1v) is 9.44. The first-order chi connectivity index (χ1) is 15.0. The van der Waals surface area contributed by atoms with Crippen LogP contribution in [0.25, 0.3) is 11.3 Å². The maximum Gasteiger partial charge on any atom is 0.410 e. The minimum Gasteiger partial charge on any atom is -0.495 e. The number of methoxy groups -OCH3 is 1. The average Bonchev–Trinajstić information content (AvgIpc) is 3.08. The number of hydrogen-bond donors (Lipinski definition) is 3. The topological polar surface area (TPSA) is 108 Å². The molecule has 1 atom stereocenters. The Morgan fingerprint density at radius 3 is 2.44 bits per heavy atom. The van der Waals surface area contributed by atoms with Gasteiger partial charge in [-0.15, -0.1) is 0 Å². The van der Waals surface area contributed by atoms with E-state index in [1.807, 2.05) is 0 Å². The van der Waals surface area contributed by atoms with Crippen molar-refractivity contribution in [2.75, 3.05) is 18.2 Å². The molecule has 0 fully saturated rings. The van der Waals surface area contributed by atoms with Crippen LogP contribution in [-0.4, -0.2) is 29.0 Å². The number of nitrogens with one attached hydrogen (secondary N) is 1. The Hall–Kier alpha value is -3.76. The summed E-state index contributed by atoms with van der Waals surface area (Å²) < 4.78 is 58.7. The van der Waals surface area contributed by atoms with E-state index in [-0.39, 0.29) is 11.3 Å². The largest absolute Gasteiger partial charge is 0.495 e. The Morgan fingerprint density at radius 2 is 1.88 bits per heavy atom. The second-order valence-electron chi connectivity index (χ2n) is 7.03. The number of hydrogen-bond acceptors (Lipinski definition) is 5. The van der Waals surface area contributed by atoms with Crippen LogP contribution in [0.1, 0.15) is 28.9 Å². The van der Waals surface area contributed by atoms with Gasteiger partial charge in [-0.2, -0.15) is 18.3 Å². The van der Waals surface area contributed by atoms with Crippen LogP contribution in [0.3, 0.4) is 0 Å². The summed E-state index contributed by atoms with van der Waals surface area (Å²) in [6.07, 6.45) is -4.61. The molecule has 0 aliphatic heterocycles. The number of primary amides is 1. The molecule has 0 spiro atoms. The molecule has 5 N–H and O–H groups in total. The number of nitrogens with zero attached hydrogens (tertiary/aromatic N) is 2. The van der Waals surface area contributed by atoms with Gasteiger partial charge in [-0.3, -0.25) is 4.79 Å². The zero-order valence-electron chi connectivity index (χ0n) is 17.2. The maximum atomic E-state index is 13.5. The number of nitrogens with two attached hydrogens (primary N) is 2. The summed E-state index contributed by atoms with van der Waals surface area (Å²) in [6, 6.07) is 8.55. The molecule has 7 nitrogen and oxygen atoms in total. The van der Waals surface area contributed by atoms with Gasteiger partial charge in [0.2, 0.25) is 0 Å². The van der Waals surface area contributed by atoms with Gasteiger partial charge >= 0.3 is 6.18 Å². The van der Waals surface area contributed by atoms with Crippen molar-refractivity contribution in [3.63, 3.8) is 0 Å². The number of halogens is 4. The van der Waals surface area contributed by atoms with Crippen molar-refractivity contribution >= 4 is 17.4 Å². The number of carbonyl (C=O) groups is 1. The van der Waals surface area contributed by atoms with Gasteiger partial charge in [-0.05, 0) is 24.6 Å². The summed E-state index contributed by atoms with van der Waals surface area (Å²) in [5.74, 6) is -1.40. The lowest BCUT2D eigenvalue weighted by Gasteiger charge is -2.17. The van der Waals surface area contributed by atoms with Crippen LogP contribution in [-0.2, 0) is 6.54 Å². The third-order valence-electron chi connectivity index (χ3n) is 4.91. The Labute approximate surface area is 181 Å². The Kier molecular flexibility index (Phi) is 6.28. The van der Waals surface area contributed by atoms with Gasteiger partial charge in [0.05, 0.1) is 12.8 Å². The number of alkyl halides is 3. The summed E-state index contributed by atoms with van der Waals surface area (Å²) >= 11 is 0. The number of aromatic nitrogens is 2. The van der Waals surface area contributed by atoms with Crippen LogP contribution in [0.4, 0.5) is 29.1 Å². The molecule has 1 aromatic heterocycles. The van der Waals surface area contributed by atoms with Crippen LogP contribution >= 0.6 is 0 Å². The highest BCUT2D eigenvalue weighted by atomic mass is 19.4. The zero-order valence-corrected chi connectivity index (χ0v) is 17.2. The smallest absolute Gasteiger partial charge is 0.410 e.